The van der Waals surface area contributed by atoms with E-state index in [9.17, 15) is 13.2 Å². The normalized spacial score (nSPS) is 11.0. The van der Waals surface area contributed by atoms with Crippen LogP contribution in [0, 0.1) is 0 Å². The van der Waals surface area contributed by atoms with Gasteiger partial charge in [0, 0.05) is 19.2 Å². The first-order valence-electron chi connectivity index (χ1n) is 9.47. The van der Waals surface area contributed by atoms with Crippen molar-refractivity contribution in [2.45, 2.75) is 17.7 Å². The van der Waals surface area contributed by atoms with E-state index in [0.29, 0.717) is 17.8 Å². The van der Waals surface area contributed by atoms with E-state index in [1.807, 2.05) is 30.3 Å². The van der Waals surface area contributed by atoms with Gasteiger partial charge in [-0.05, 0) is 54.4 Å². The predicted molar refractivity (Wildman–Crippen MR) is 118 cm³/mol. The van der Waals surface area contributed by atoms with Crippen LogP contribution < -0.4 is 14.4 Å². The summed E-state index contributed by atoms with van der Waals surface area (Å²) in [7, 11) is -0.632. The number of hydrogen-bond donors (Lipinski definition) is 1. The highest BCUT2D eigenvalue weighted by atomic mass is 32.2. The molecule has 0 radical (unpaired) electrons. The largest absolute Gasteiger partial charge is 0.497 e. The average molecular weight is 425 g/mol. The van der Waals surface area contributed by atoms with E-state index >= 15 is 0 Å². The third-order valence-electron chi connectivity index (χ3n) is 4.70. The van der Waals surface area contributed by atoms with Crippen LogP contribution in [0.15, 0.2) is 83.8 Å². The molecule has 6 nitrogen and oxygen atoms in total. The second-order valence-corrected chi connectivity index (χ2v) is 8.70. The van der Waals surface area contributed by atoms with Gasteiger partial charge >= 0.3 is 0 Å². The van der Waals surface area contributed by atoms with Crippen LogP contribution in [0.4, 0.5) is 11.4 Å². The first-order chi connectivity index (χ1) is 14.4. The molecule has 0 aliphatic rings. The fourth-order valence-electron chi connectivity index (χ4n) is 2.94. The summed E-state index contributed by atoms with van der Waals surface area (Å²) in [6.07, 6.45) is 0.859. The SMILES string of the molecule is COc1ccc(CCC(=O)Nc2cccc(S(=O)(=O)N(C)c3ccccc3)c2)cc1. The van der Waals surface area contributed by atoms with E-state index in [1.165, 1.54) is 23.5 Å². The molecule has 3 aromatic rings. The number of hydrogen-bond acceptors (Lipinski definition) is 4. The van der Waals surface area contributed by atoms with Gasteiger partial charge in [-0.1, -0.05) is 36.4 Å². The number of ether oxygens (including phenoxy) is 1. The lowest BCUT2D eigenvalue weighted by Gasteiger charge is -2.19. The van der Waals surface area contributed by atoms with Gasteiger partial charge in [0.2, 0.25) is 5.91 Å². The van der Waals surface area contributed by atoms with Gasteiger partial charge in [0.15, 0.2) is 0 Å². The second-order valence-electron chi connectivity index (χ2n) is 6.73. The number of aryl methyl sites for hydroxylation is 1. The highest BCUT2D eigenvalue weighted by molar-refractivity contribution is 7.92. The number of sulfonamides is 1. The summed E-state index contributed by atoms with van der Waals surface area (Å²) in [6, 6.07) is 22.6. The molecule has 3 aromatic carbocycles. The van der Waals surface area contributed by atoms with Gasteiger partial charge in [-0.25, -0.2) is 8.42 Å². The number of para-hydroxylation sites is 1. The second kappa shape index (κ2) is 9.45. The van der Waals surface area contributed by atoms with Gasteiger partial charge in [0.1, 0.15) is 5.75 Å². The summed E-state index contributed by atoms with van der Waals surface area (Å²) in [5.74, 6) is 0.582. The van der Waals surface area contributed by atoms with Crippen molar-refractivity contribution in [3.63, 3.8) is 0 Å². The Morgan fingerprint density at radius 1 is 0.967 bits per heavy atom. The number of nitrogens with zero attached hydrogens (tertiary/aromatic N) is 1. The van der Waals surface area contributed by atoms with Crippen molar-refractivity contribution in [2.75, 3.05) is 23.8 Å². The van der Waals surface area contributed by atoms with Crippen LogP contribution in [0.2, 0.25) is 0 Å². The molecular weight excluding hydrogens is 400 g/mol. The summed E-state index contributed by atoms with van der Waals surface area (Å²) in [5.41, 5.74) is 2.02. The zero-order valence-electron chi connectivity index (χ0n) is 16.9. The van der Waals surface area contributed by atoms with Gasteiger partial charge in [-0.2, -0.15) is 0 Å². The first kappa shape index (κ1) is 21.4. The standard InChI is InChI=1S/C23H24N2O4S/c1-25(20-8-4-3-5-9-20)30(27,28)22-10-6-7-19(17-22)24-23(26)16-13-18-11-14-21(29-2)15-12-18/h3-12,14-15,17H,13,16H2,1-2H3,(H,24,26). The van der Waals surface area contributed by atoms with Gasteiger partial charge in [-0.3, -0.25) is 9.10 Å². The van der Waals surface area contributed by atoms with E-state index in [0.717, 1.165) is 11.3 Å². The maximum Gasteiger partial charge on any atom is 0.264 e. The summed E-state index contributed by atoms with van der Waals surface area (Å²) < 4.78 is 32.2. The number of carbonyl (C=O) groups is 1. The van der Waals surface area contributed by atoms with Crippen molar-refractivity contribution in [1.82, 2.24) is 0 Å². The van der Waals surface area contributed by atoms with E-state index in [4.69, 9.17) is 4.74 Å². The quantitative estimate of drug-likeness (QED) is 0.591. The summed E-state index contributed by atoms with van der Waals surface area (Å²) >= 11 is 0. The lowest BCUT2D eigenvalue weighted by atomic mass is 10.1. The Labute approximate surface area is 177 Å². The number of benzene rings is 3. The number of anilines is 2. The summed E-state index contributed by atoms with van der Waals surface area (Å²) in [4.78, 5) is 12.4. The molecule has 1 N–H and O–H groups in total. The molecule has 0 aliphatic heterocycles. The molecule has 0 fully saturated rings. The van der Waals surface area contributed by atoms with E-state index in [2.05, 4.69) is 5.32 Å². The molecule has 0 atom stereocenters. The number of amides is 1. The maximum absolute atomic E-state index is 12.9. The van der Waals surface area contributed by atoms with Crippen LogP contribution in [-0.4, -0.2) is 28.5 Å². The van der Waals surface area contributed by atoms with E-state index in [1.54, 1.807) is 43.5 Å². The Kier molecular flexibility index (Phi) is 6.74. The predicted octanol–water partition coefficient (Wildman–Crippen LogP) is 4.09. The minimum Gasteiger partial charge on any atom is -0.497 e. The molecule has 0 heterocycles. The highest BCUT2D eigenvalue weighted by Crippen LogP contribution is 2.24. The van der Waals surface area contributed by atoms with Crippen LogP contribution in [0.5, 0.6) is 5.75 Å². The molecule has 3 rings (SSSR count). The molecule has 0 aliphatic carbocycles. The van der Waals surface area contributed by atoms with Crippen molar-refractivity contribution in [1.29, 1.82) is 0 Å². The first-order valence-corrected chi connectivity index (χ1v) is 10.9. The molecule has 0 spiro atoms. The van der Waals surface area contributed by atoms with E-state index in [-0.39, 0.29) is 17.2 Å². The van der Waals surface area contributed by atoms with E-state index < -0.39 is 10.0 Å². The molecule has 30 heavy (non-hydrogen) atoms. The average Bonchev–Trinajstić information content (AvgIpc) is 2.78. The van der Waals surface area contributed by atoms with Crippen LogP contribution in [0.3, 0.4) is 0 Å². The minimum atomic E-state index is -3.74. The third-order valence-corrected chi connectivity index (χ3v) is 6.48. The molecule has 0 aromatic heterocycles. The Morgan fingerprint density at radius 2 is 1.67 bits per heavy atom. The van der Waals surface area contributed by atoms with Crippen LogP contribution in [0.25, 0.3) is 0 Å². The summed E-state index contributed by atoms with van der Waals surface area (Å²) in [5, 5.41) is 2.78. The lowest BCUT2D eigenvalue weighted by Crippen LogP contribution is -2.26. The molecule has 7 heteroatoms. The number of rotatable bonds is 8. The monoisotopic (exact) mass is 424 g/mol. The van der Waals surface area contributed by atoms with Gasteiger partial charge in [0.05, 0.1) is 17.7 Å². The minimum absolute atomic E-state index is 0.113. The Morgan fingerprint density at radius 3 is 2.33 bits per heavy atom. The maximum atomic E-state index is 12.9. The van der Waals surface area contributed by atoms with Gasteiger partial charge < -0.3 is 10.1 Å². The van der Waals surface area contributed by atoms with Gasteiger partial charge in [0.25, 0.3) is 10.0 Å². The Hall–Kier alpha value is -3.32. The molecule has 0 saturated heterocycles. The van der Waals surface area contributed by atoms with Crippen molar-refractivity contribution in [3.05, 3.63) is 84.4 Å². The topological polar surface area (TPSA) is 75.7 Å². The Balaban J connectivity index is 1.66. The lowest BCUT2D eigenvalue weighted by molar-refractivity contribution is -0.116. The Bertz CT molecular complexity index is 1100. The smallest absolute Gasteiger partial charge is 0.264 e. The molecule has 0 unspecified atom stereocenters. The van der Waals surface area contributed by atoms with Gasteiger partial charge in [-0.15, -0.1) is 0 Å². The highest BCUT2D eigenvalue weighted by Gasteiger charge is 2.21. The number of methoxy groups -OCH3 is 1. The molecule has 156 valence electrons. The van der Waals surface area contributed by atoms with Crippen molar-refractivity contribution in [2.24, 2.45) is 0 Å². The van der Waals surface area contributed by atoms with Crippen LogP contribution >= 0.6 is 0 Å². The fraction of sp³-hybridized carbons (Fsp3) is 0.174. The van der Waals surface area contributed by atoms with Crippen molar-refractivity contribution >= 4 is 27.3 Å². The van der Waals surface area contributed by atoms with Crippen LogP contribution in [-0.2, 0) is 21.2 Å². The number of nitrogens with one attached hydrogen (secondary N) is 1. The molecule has 0 bridgehead atoms. The van der Waals surface area contributed by atoms with Crippen molar-refractivity contribution < 1.29 is 17.9 Å². The molecular formula is C23H24N2O4S. The fourth-order valence-corrected chi connectivity index (χ4v) is 4.18. The molecule has 0 saturated carbocycles. The third kappa shape index (κ3) is 5.18. The number of carbonyl (C=O) groups excluding carboxylic acids is 1. The zero-order valence-corrected chi connectivity index (χ0v) is 17.7. The zero-order chi connectivity index (χ0) is 21.6. The molecule has 1 amide bonds. The summed E-state index contributed by atoms with van der Waals surface area (Å²) in [6.45, 7) is 0. The van der Waals surface area contributed by atoms with Crippen LogP contribution in [0.1, 0.15) is 12.0 Å². The van der Waals surface area contributed by atoms with Crippen molar-refractivity contribution in [3.8, 4) is 5.75 Å².